The summed E-state index contributed by atoms with van der Waals surface area (Å²) in [5, 5.41) is 8.79. The lowest BCUT2D eigenvalue weighted by molar-refractivity contribution is -0.144. The largest absolute Gasteiger partial charge is 0.466 e. The Kier molecular flexibility index (Phi) is 5.00. The summed E-state index contributed by atoms with van der Waals surface area (Å²) in [5.41, 5.74) is 1.84. The van der Waals surface area contributed by atoms with Crippen LogP contribution >= 0.6 is 0 Å². The van der Waals surface area contributed by atoms with E-state index >= 15 is 0 Å². The SMILES string of the molecule is CCOC(=O)CC1CCN(c2ccc(C#N)cc2)CC1. The summed E-state index contributed by atoms with van der Waals surface area (Å²) < 4.78 is 5.00. The van der Waals surface area contributed by atoms with Gasteiger partial charge in [-0.25, -0.2) is 0 Å². The van der Waals surface area contributed by atoms with Crippen molar-refractivity contribution in [1.29, 1.82) is 5.26 Å². The monoisotopic (exact) mass is 272 g/mol. The third-order valence-electron chi connectivity index (χ3n) is 3.74. The second-order valence-electron chi connectivity index (χ2n) is 5.10. The first-order chi connectivity index (χ1) is 9.72. The van der Waals surface area contributed by atoms with Crippen LogP contribution in [0.1, 0.15) is 31.7 Å². The summed E-state index contributed by atoms with van der Waals surface area (Å²) in [6, 6.07) is 9.80. The van der Waals surface area contributed by atoms with Crippen LogP contribution in [-0.2, 0) is 9.53 Å². The van der Waals surface area contributed by atoms with E-state index in [1.165, 1.54) is 0 Å². The number of ether oxygens (including phenoxy) is 1. The van der Waals surface area contributed by atoms with Crippen molar-refractivity contribution in [2.75, 3.05) is 24.6 Å². The van der Waals surface area contributed by atoms with Gasteiger partial charge in [-0.1, -0.05) is 0 Å². The number of esters is 1. The van der Waals surface area contributed by atoms with E-state index in [2.05, 4.69) is 11.0 Å². The molecule has 20 heavy (non-hydrogen) atoms. The number of nitriles is 1. The molecule has 0 unspecified atom stereocenters. The highest BCUT2D eigenvalue weighted by Crippen LogP contribution is 2.25. The first-order valence-electron chi connectivity index (χ1n) is 7.13. The number of carbonyl (C=O) groups is 1. The third kappa shape index (κ3) is 3.74. The number of nitrogens with zero attached hydrogens (tertiary/aromatic N) is 2. The molecule has 4 nitrogen and oxygen atoms in total. The lowest BCUT2D eigenvalue weighted by Gasteiger charge is -2.33. The minimum Gasteiger partial charge on any atom is -0.466 e. The Morgan fingerprint density at radius 3 is 2.55 bits per heavy atom. The molecule has 0 spiro atoms. The molecule has 1 fully saturated rings. The van der Waals surface area contributed by atoms with Gasteiger partial charge in [0.2, 0.25) is 0 Å². The highest BCUT2D eigenvalue weighted by atomic mass is 16.5. The quantitative estimate of drug-likeness (QED) is 0.791. The summed E-state index contributed by atoms with van der Waals surface area (Å²) >= 11 is 0. The predicted octanol–water partition coefficient (Wildman–Crippen LogP) is 2.73. The van der Waals surface area contributed by atoms with Crippen LogP contribution in [-0.4, -0.2) is 25.7 Å². The topological polar surface area (TPSA) is 53.3 Å². The molecule has 0 atom stereocenters. The summed E-state index contributed by atoms with van der Waals surface area (Å²) in [5.74, 6) is 0.355. The molecule has 0 amide bonds. The van der Waals surface area contributed by atoms with Gasteiger partial charge in [0.25, 0.3) is 0 Å². The zero-order chi connectivity index (χ0) is 14.4. The lowest BCUT2D eigenvalue weighted by Crippen LogP contribution is -2.34. The summed E-state index contributed by atoms with van der Waals surface area (Å²) in [6.07, 6.45) is 2.56. The summed E-state index contributed by atoms with van der Waals surface area (Å²) in [7, 11) is 0. The number of hydrogen-bond acceptors (Lipinski definition) is 4. The van der Waals surface area contributed by atoms with Crippen molar-refractivity contribution in [1.82, 2.24) is 0 Å². The van der Waals surface area contributed by atoms with Crippen LogP contribution in [0.4, 0.5) is 5.69 Å². The van der Waals surface area contributed by atoms with Crippen LogP contribution in [0.5, 0.6) is 0 Å². The average Bonchev–Trinajstić information content (AvgIpc) is 2.48. The van der Waals surface area contributed by atoms with Gasteiger partial charge < -0.3 is 9.64 Å². The fourth-order valence-electron chi connectivity index (χ4n) is 2.60. The van der Waals surface area contributed by atoms with Crippen LogP contribution in [0.15, 0.2) is 24.3 Å². The number of carbonyl (C=O) groups excluding carboxylic acids is 1. The predicted molar refractivity (Wildman–Crippen MR) is 77.3 cm³/mol. The number of piperidine rings is 1. The Bertz CT molecular complexity index is 482. The summed E-state index contributed by atoms with van der Waals surface area (Å²) in [6.45, 7) is 4.21. The Labute approximate surface area is 120 Å². The van der Waals surface area contributed by atoms with Crippen molar-refractivity contribution in [3.05, 3.63) is 29.8 Å². The number of hydrogen-bond donors (Lipinski definition) is 0. The van der Waals surface area contributed by atoms with Crippen molar-refractivity contribution in [2.45, 2.75) is 26.2 Å². The van der Waals surface area contributed by atoms with Gasteiger partial charge in [-0.2, -0.15) is 5.26 Å². The van der Waals surface area contributed by atoms with E-state index in [0.717, 1.165) is 31.6 Å². The fraction of sp³-hybridized carbons (Fsp3) is 0.500. The zero-order valence-electron chi connectivity index (χ0n) is 11.8. The van der Waals surface area contributed by atoms with E-state index in [0.29, 0.717) is 24.5 Å². The smallest absolute Gasteiger partial charge is 0.306 e. The maximum atomic E-state index is 11.5. The van der Waals surface area contributed by atoms with E-state index in [1.54, 1.807) is 0 Å². The van der Waals surface area contributed by atoms with Gasteiger partial charge in [-0.05, 0) is 49.9 Å². The molecule has 0 N–H and O–H groups in total. The maximum absolute atomic E-state index is 11.5. The van der Waals surface area contributed by atoms with E-state index in [9.17, 15) is 4.79 Å². The number of anilines is 1. The molecule has 1 heterocycles. The fourth-order valence-corrected chi connectivity index (χ4v) is 2.60. The molecule has 106 valence electrons. The lowest BCUT2D eigenvalue weighted by atomic mass is 9.93. The second-order valence-corrected chi connectivity index (χ2v) is 5.10. The second kappa shape index (κ2) is 6.95. The molecule has 1 aromatic rings. The van der Waals surface area contributed by atoms with Gasteiger partial charge in [0.05, 0.1) is 18.2 Å². The maximum Gasteiger partial charge on any atom is 0.306 e. The first-order valence-corrected chi connectivity index (χ1v) is 7.13. The van der Waals surface area contributed by atoms with Gasteiger partial charge >= 0.3 is 5.97 Å². The van der Waals surface area contributed by atoms with E-state index in [-0.39, 0.29) is 5.97 Å². The number of benzene rings is 1. The normalized spacial score (nSPS) is 15.7. The summed E-state index contributed by atoms with van der Waals surface area (Å²) in [4.78, 5) is 13.8. The molecule has 1 aromatic carbocycles. The molecule has 0 saturated carbocycles. The van der Waals surface area contributed by atoms with Crippen molar-refractivity contribution < 1.29 is 9.53 Å². The van der Waals surface area contributed by atoms with Crippen LogP contribution in [0.3, 0.4) is 0 Å². The van der Waals surface area contributed by atoms with E-state index in [1.807, 2.05) is 31.2 Å². The minimum absolute atomic E-state index is 0.0793. The van der Waals surface area contributed by atoms with Gasteiger partial charge in [-0.15, -0.1) is 0 Å². The average molecular weight is 272 g/mol. The van der Waals surface area contributed by atoms with Crippen molar-refractivity contribution >= 4 is 11.7 Å². The molecule has 2 rings (SSSR count). The molecule has 4 heteroatoms. The van der Waals surface area contributed by atoms with Crippen LogP contribution in [0.2, 0.25) is 0 Å². The molecule has 1 aliphatic rings. The molecule has 0 bridgehead atoms. The third-order valence-corrected chi connectivity index (χ3v) is 3.74. The standard InChI is InChI=1S/C16H20N2O2/c1-2-20-16(19)11-13-7-9-18(10-8-13)15-5-3-14(12-17)4-6-15/h3-6,13H,2,7-11H2,1H3. The molecular weight excluding hydrogens is 252 g/mol. The molecule has 0 aromatic heterocycles. The first kappa shape index (κ1) is 14.4. The van der Waals surface area contributed by atoms with Crippen LogP contribution in [0.25, 0.3) is 0 Å². The van der Waals surface area contributed by atoms with E-state index < -0.39 is 0 Å². The Hall–Kier alpha value is -2.02. The van der Waals surface area contributed by atoms with Crippen LogP contribution in [0, 0.1) is 17.2 Å². The molecule has 0 aliphatic carbocycles. The van der Waals surface area contributed by atoms with Gasteiger partial charge in [0.1, 0.15) is 0 Å². The van der Waals surface area contributed by atoms with E-state index in [4.69, 9.17) is 10.00 Å². The molecule has 0 radical (unpaired) electrons. The Morgan fingerprint density at radius 1 is 1.35 bits per heavy atom. The van der Waals surface area contributed by atoms with Crippen molar-refractivity contribution in [3.63, 3.8) is 0 Å². The van der Waals surface area contributed by atoms with Gasteiger partial charge in [-0.3, -0.25) is 4.79 Å². The zero-order valence-corrected chi connectivity index (χ0v) is 11.8. The highest BCUT2D eigenvalue weighted by molar-refractivity contribution is 5.69. The van der Waals surface area contributed by atoms with Crippen molar-refractivity contribution in [3.8, 4) is 6.07 Å². The van der Waals surface area contributed by atoms with Crippen LogP contribution < -0.4 is 4.90 Å². The minimum atomic E-state index is -0.0793. The molecular formula is C16H20N2O2. The van der Waals surface area contributed by atoms with Crippen molar-refractivity contribution in [2.24, 2.45) is 5.92 Å². The Morgan fingerprint density at radius 2 is 2.00 bits per heavy atom. The Balaban J connectivity index is 1.84. The van der Waals surface area contributed by atoms with Gasteiger partial charge in [0, 0.05) is 25.2 Å². The molecule has 1 saturated heterocycles. The number of rotatable bonds is 4. The highest BCUT2D eigenvalue weighted by Gasteiger charge is 2.22. The van der Waals surface area contributed by atoms with Gasteiger partial charge in [0.15, 0.2) is 0 Å². The molecule has 1 aliphatic heterocycles.